The van der Waals surface area contributed by atoms with Crippen molar-refractivity contribution in [2.24, 2.45) is 0 Å². The maximum absolute atomic E-state index is 5.17. The van der Waals surface area contributed by atoms with Crippen molar-refractivity contribution in [1.29, 1.82) is 0 Å². The third kappa shape index (κ3) is 4.19. The van der Waals surface area contributed by atoms with E-state index in [1.807, 2.05) is 26.1 Å². The van der Waals surface area contributed by atoms with Gasteiger partial charge in [-0.05, 0) is 19.4 Å². The number of ether oxygens (including phenoxy) is 1. The minimum atomic E-state index is 0.136. The highest BCUT2D eigenvalue weighted by Crippen LogP contribution is 2.01. The fourth-order valence-electron chi connectivity index (χ4n) is 0.857. The lowest BCUT2D eigenvalue weighted by atomic mass is 10.2. The number of nitrogens with one attached hydrogen (secondary N) is 1. The number of likely N-dealkylation sites (N-methyl/N-ethyl adjacent to an activating group) is 1. The molecule has 2 heteroatoms. The zero-order chi connectivity index (χ0) is 9.40. The second-order valence-electron chi connectivity index (χ2n) is 2.59. The summed E-state index contributed by atoms with van der Waals surface area (Å²) in [5, 5.41) is 3.10. The summed E-state index contributed by atoms with van der Waals surface area (Å²) in [5.41, 5.74) is 1.10. The second-order valence-corrected chi connectivity index (χ2v) is 2.59. The maximum atomic E-state index is 5.17. The van der Waals surface area contributed by atoms with Crippen LogP contribution >= 0.6 is 0 Å². The first-order valence-electron chi connectivity index (χ1n) is 4.33. The fourth-order valence-corrected chi connectivity index (χ4v) is 0.857. The Balaban J connectivity index is 4.12. The van der Waals surface area contributed by atoms with E-state index in [0.717, 1.165) is 12.1 Å². The highest BCUT2D eigenvalue weighted by atomic mass is 16.5. The van der Waals surface area contributed by atoms with E-state index in [4.69, 9.17) is 4.74 Å². The molecule has 12 heavy (non-hydrogen) atoms. The van der Waals surface area contributed by atoms with E-state index in [2.05, 4.69) is 18.3 Å². The molecule has 0 fully saturated rings. The molecule has 1 unspecified atom stereocenters. The Labute approximate surface area is 75.3 Å². The molecule has 0 aliphatic rings. The van der Waals surface area contributed by atoms with Gasteiger partial charge in [0.2, 0.25) is 0 Å². The van der Waals surface area contributed by atoms with Crippen LogP contribution in [0.4, 0.5) is 0 Å². The summed E-state index contributed by atoms with van der Waals surface area (Å²) in [6, 6.07) is 0. The lowest BCUT2D eigenvalue weighted by molar-refractivity contribution is 0.142. The van der Waals surface area contributed by atoms with E-state index in [-0.39, 0.29) is 6.10 Å². The molecule has 0 bridgehead atoms. The molecule has 0 aliphatic heterocycles. The van der Waals surface area contributed by atoms with Crippen LogP contribution in [-0.2, 0) is 4.74 Å². The highest BCUT2D eigenvalue weighted by Gasteiger charge is 2.02. The standard InChI is InChI=1S/C10H19NO/c1-5-6-7-8-10(11-3)9(2)12-4/h6-9,11H,5H2,1-4H3/b7-6-,10-8+. The first-order chi connectivity index (χ1) is 5.76. The minimum Gasteiger partial charge on any atom is -0.389 e. The predicted molar refractivity (Wildman–Crippen MR) is 53.0 cm³/mol. The molecular weight excluding hydrogens is 150 g/mol. The third-order valence-electron chi connectivity index (χ3n) is 1.73. The fraction of sp³-hybridized carbons (Fsp3) is 0.600. The molecule has 0 heterocycles. The first-order valence-corrected chi connectivity index (χ1v) is 4.33. The summed E-state index contributed by atoms with van der Waals surface area (Å²) in [4.78, 5) is 0. The molecular formula is C10H19NO. The van der Waals surface area contributed by atoms with E-state index in [1.54, 1.807) is 7.11 Å². The van der Waals surface area contributed by atoms with E-state index in [0.29, 0.717) is 0 Å². The number of methoxy groups -OCH3 is 1. The summed E-state index contributed by atoms with van der Waals surface area (Å²) in [5.74, 6) is 0. The lowest BCUT2D eigenvalue weighted by Crippen LogP contribution is -2.19. The van der Waals surface area contributed by atoms with Crippen molar-refractivity contribution < 1.29 is 4.74 Å². The van der Waals surface area contributed by atoms with Crippen LogP contribution < -0.4 is 5.32 Å². The van der Waals surface area contributed by atoms with Crippen LogP contribution in [-0.4, -0.2) is 20.3 Å². The van der Waals surface area contributed by atoms with Crippen LogP contribution in [0.2, 0.25) is 0 Å². The molecule has 70 valence electrons. The van der Waals surface area contributed by atoms with Gasteiger partial charge in [0.1, 0.15) is 0 Å². The van der Waals surface area contributed by atoms with Crippen molar-refractivity contribution in [3.05, 3.63) is 23.9 Å². The number of allylic oxidation sites excluding steroid dienone is 3. The zero-order valence-electron chi connectivity index (χ0n) is 8.42. The van der Waals surface area contributed by atoms with E-state index < -0.39 is 0 Å². The summed E-state index contributed by atoms with van der Waals surface area (Å²) in [7, 11) is 3.61. The van der Waals surface area contributed by atoms with Crippen LogP contribution in [0.3, 0.4) is 0 Å². The van der Waals surface area contributed by atoms with Crippen LogP contribution in [0.5, 0.6) is 0 Å². The Morgan fingerprint density at radius 2 is 2.25 bits per heavy atom. The Morgan fingerprint density at radius 3 is 2.67 bits per heavy atom. The van der Waals surface area contributed by atoms with Crippen LogP contribution in [0.25, 0.3) is 0 Å². The summed E-state index contributed by atoms with van der Waals surface area (Å²) >= 11 is 0. The molecule has 0 aromatic rings. The van der Waals surface area contributed by atoms with E-state index in [9.17, 15) is 0 Å². The Kier molecular flexibility index (Phi) is 6.48. The van der Waals surface area contributed by atoms with Crippen molar-refractivity contribution in [2.45, 2.75) is 26.4 Å². The molecule has 0 aromatic heterocycles. The van der Waals surface area contributed by atoms with Gasteiger partial charge in [0.25, 0.3) is 0 Å². The number of rotatable bonds is 5. The number of hydrogen-bond acceptors (Lipinski definition) is 2. The van der Waals surface area contributed by atoms with Crippen LogP contribution in [0.1, 0.15) is 20.3 Å². The quantitative estimate of drug-likeness (QED) is 0.636. The normalized spacial score (nSPS) is 15.2. The van der Waals surface area contributed by atoms with E-state index in [1.165, 1.54) is 0 Å². The molecule has 0 saturated heterocycles. The van der Waals surface area contributed by atoms with Gasteiger partial charge in [-0.3, -0.25) is 0 Å². The molecule has 0 amide bonds. The van der Waals surface area contributed by atoms with Crippen molar-refractivity contribution in [2.75, 3.05) is 14.2 Å². The van der Waals surface area contributed by atoms with Gasteiger partial charge in [0.05, 0.1) is 6.10 Å². The van der Waals surface area contributed by atoms with Gasteiger partial charge >= 0.3 is 0 Å². The molecule has 0 saturated carbocycles. The Hall–Kier alpha value is -0.760. The lowest BCUT2D eigenvalue weighted by Gasteiger charge is -2.12. The Morgan fingerprint density at radius 1 is 1.58 bits per heavy atom. The molecule has 1 N–H and O–H groups in total. The van der Waals surface area contributed by atoms with Gasteiger partial charge in [-0.25, -0.2) is 0 Å². The first kappa shape index (κ1) is 11.2. The summed E-state index contributed by atoms with van der Waals surface area (Å²) in [6.45, 7) is 4.13. The molecule has 0 aromatic carbocycles. The Bertz CT molecular complexity index is 161. The number of hydrogen-bond donors (Lipinski definition) is 1. The van der Waals surface area contributed by atoms with Gasteiger partial charge in [0.15, 0.2) is 0 Å². The molecule has 1 atom stereocenters. The molecule has 0 aliphatic carbocycles. The van der Waals surface area contributed by atoms with Gasteiger partial charge < -0.3 is 10.1 Å². The van der Waals surface area contributed by atoms with Gasteiger partial charge in [0, 0.05) is 19.9 Å². The van der Waals surface area contributed by atoms with Crippen molar-refractivity contribution >= 4 is 0 Å². The zero-order valence-corrected chi connectivity index (χ0v) is 8.42. The molecule has 0 spiro atoms. The smallest absolute Gasteiger partial charge is 0.0937 e. The summed E-state index contributed by atoms with van der Waals surface area (Å²) < 4.78 is 5.17. The highest BCUT2D eigenvalue weighted by molar-refractivity contribution is 5.13. The minimum absolute atomic E-state index is 0.136. The largest absolute Gasteiger partial charge is 0.389 e. The van der Waals surface area contributed by atoms with Gasteiger partial charge in [-0.2, -0.15) is 0 Å². The topological polar surface area (TPSA) is 21.3 Å². The SMILES string of the molecule is CC/C=C\C=C(\NC)C(C)OC. The van der Waals surface area contributed by atoms with E-state index >= 15 is 0 Å². The average Bonchev–Trinajstić information content (AvgIpc) is 2.11. The van der Waals surface area contributed by atoms with Crippen LogP contribution in [0, 0.1) is 0 Å². The van der Waals surface area contributed by atoms with Gasteiger partial charge in [-0.15, -0.1) is 0 Å². The third-order valence-corrected chi connectivity index (χ3v) is 1.73. The molecule has 0 radical (unpaired) electrons. The monoisotopic (exact) mass is 169 g/mol. The van der Waals surface area contributed by atoms with Crippen molar-refractivity contribution in [1.82, 2.24) is 5.32 Å². The van der Waals surface area contributed by atoms with Crippen molar-refractivity contribution in [3.8, 4) is 0 Å². The molecule has 0 rings (SSSR count). The van der Waals surface area contributed by atoms with Crippen molar-refractivity contribution in [3.63, 3.8) is 0 Å². The summed E-state index contributed by atoms with van der Waals surface area (Å²) in [6.07, 6.45) is 7.39. The maximum Gasteiger partial charge on any atom is 0.0937 e. The second kappa shape index (κ2) is 6.92. The van der Waals surface area contributed by atoms with Gasteiger partial charge in [-0.1, -0.05) is 19.1 Å². The molecule has 2 nitrogen and oxygen atoms in total. The predicted octanol–water partition coefficient (Wildman–Crippen LogP) is 2.09. The van der Waals surface area contributed by atoms with Crippen LogP contribution in [0.15, 0.2) is 23.9 Å². The average molecular weight is 169 g/mol.